The number of methoxy groups -OCH3 is 1. The quantitative estimate of drug-likeness (QED) is 0.150. The number of aromatic hydroxyl groups is 1. The van der Waals surface area contributed by atoms with E-state index >= 15 is 0 Å². The van der Waals surface area contributed by atoms with E-state index in [4.69, 9.17) is 28.4 Å². The van der Waals surface area contributed by atoms with E-state index in [1.165, 1.54) is 43.5 Å². The molecular formula is C28H30O14. The standard InChI is InChI=1S/C28H30O14/c1-12(29)38-11-18-21(32)22(33)23(34)27(40-18)41-26-19-15(17(10-39-26)24(35)37-2)7-8-28(19)9-16(25(36)42-28)20(31)13-3-5-14(30)6-4-13/h3-10,15,18-23,26-27,30-34H,11H2,1-2H3/t15-,18-,19-,20+,21-,22+,23-,26+,27+,28-/m1/s1. The molecule has 1 spiro atoms. The smallest absolute Gasteiger partial charge is 0.338 e. The normalized spacial score (nSPS) is 35.9. The fourth-order valence-corrected chi connectivity index (χ4v) is 5.49. The van der Waals surface area contributed by atoms with Gasteiger partial charge in [-0.25, -0.2) is 9.59 Å². The third-order valence-electron chi connectivity index (χ3n) is 7.65. The number of phenolic OH excluding ortho intramolecular Hbond substituents is 1. The predicted octanol–water partition coefficient (Wildman–Crippen LogP) is -0.750. The Morgan fingerprint density at radius 2 is 1.79 bits per heavy atom. The summed E-state index contributed by atoms with van der Waals surface area (Å²) in [6, 6.07) is 5.58. The van der Waals surface area contributed by atoms with Crippen LogP contribution >= 0.6 is 0 Å². The number of carbonyl (C=O) groups excluding carboxylic acids is 3. The lowest BCUT2D eigenvalue weighted by Gasteiger charge is -2.44. The molecule has 3 heterocycles. The van der Waals surface area contributed by atoms with Crippen LogP contribution in [-0.4, -0.2) is 99.8 Å². The average molecular weight is 591 g/mol. The Labute approximate surface area is 239 Å². The topological polar surface area (TPSA) is 208 Å². The summed E-state index contributed by atoms with van der Waals surface area (Å²) in [5.74, 6) is -4.09. The van der Waals surface area contributed by atoms with Crippen molar-refractivity contribution < 1.29 is 68.3 Å². The van der Waals surface area contributed by atoms with Crippen molar-refractivity contribution in [2.24, 2.45) is 11.8 Å². The van der Waals surface area contributed by atoms with Crippen LogP contribution in [0.5, 0.6) is 5.75 Å². The molecule has 0 bridgehead atoms. The molecule has 0 radical (unpaired) electrons. The number of rotatable bonds is 7. The van der Waals surface area contributed by atoms with E-state index in [1.54, 1.807) is 6.08 Å². The Bertz CT molecular complexity index is 1320. The number of allylic oxidation sites excluding steroid dienone is 1. The zero-order chi connectivity index (χ0) is 30.3. The molecule has 0 unspecified atom stereocenters. The molecule has 42 heavy (non-hydrogen) atoms. The molecule has 14 heteroatoms. The second-order valence-corrected chi connectivity index (χ2v) is 10.3. The van der Waals surface area contributed by atoms with Crippen LogP contribution in [0.2, 0.25) is 0 Å². The van der Waals surface area contributed by atoms with E-state index in [2.05, 4.69) is 0 Å². The molecule has 1 aliphatic carbocycles. The van der Waals surface area contributed by atoms with Gasteiger partial charge in [-0.05, 0) is 29.8 Å². The molecule has 1 aromatic rings. The molecule has 0 aromatic heterocycles. The molecule has 1 saturated heterocycles. The number of hydrogen-bond donors (Lipinski definition) is 5. The van der Waals surface area contributed by atoms with Gasteiger partial charge in [0.15, 0.2) is 11.9 Å². The predicted molar refractivity (Wildman–Crippen MR) is 135 cm³/mol. The van der Waals surface area contributed by atoms with Gasteiger partial charge in [-0.15, -0.1) is 0 Å². The van der Waals surface area contributed by atoms with E-state index in [1.807, 2.05) is 0 Å². The SMILES string of the molecule is COC(=O)C1=CO[C@@H](O[C@@H]2O[C@H](COC(C)=O)[C@@H](O)[C@H](O)[C@H]2O)[C@H]2[C@@H]1C=C[C@@]21C=C([C@@H](O)c2ccc(O)cc2)C(=O)O1. The van der Waals surface area contributed by atoms with Gasteiger partial charge >= 0.3 is 17.9 Å². The Hall–Kier alpha value is -3.79. The molecule has 226 valence electrons. The number of benzene rings is 1. The van der Waals surface area contributed by atoms with Crippen molar-refractivity contribution in [3.05, 3.63) is 65.5 Å². The van der Waals surface area contributed by atoms with Gasteiger partial charge in [0, 0.05) is 12.8 Å². The molecule has 0 amide bonds. The molecule has 3 aliphatic heterocycles. The highest BCUT2D eigenvalue weighted by Gasteiger charge is 2.60. The fraction of sp³-hybridized carbons (Fsp3) is 0.464. The highest BCUT2D eigenvalue weighted by Crippen LogP contribution is 2.51. The number of phenols is 1. The first-order valence-electron chi connectivity index (χ1n) is 13.0. The first-order chi connectivity index (χ1) is 20.0. The van der Waals surface area contributed by atoms with E-state index in [-0.39, 0.29) is 16.9 Å². The van der Waals surface area contributed by atoms with Gasteiger partial charge in [0.05, 0.1) is 30.4 Å². The lowest BCUT2D eigenvalue weighted by Crippen LogP contribution is -2.61. The summed E-state index contributed by atoms with van der Waals surface area (Å²) in [5, 5.41) is 51.9. The minimum atomic E-state index is -1.78. The number of aliphatic hydroxyl groups is 4. The number of fused-ring (bicyclic) bond motifs is 2. The summed E-state index contributed by atoms with van der Waals surface area (Å²) in [6.07, 6.45) is -5.27. The van der Waals surface area contributed by atoms with Gasteiger partial charge in [0.25, 0.3) is 0 Å². The zero-order valence-electron chi connectivity index (χ0n) is 22.4. The van der Waals surface area contributed by atoms with Crippen LogP contribution in [-0.2, 0) is 42.8 Å². The summed E-state index contributed by atoms with van der Waals surface area (Å²) in [6.45, 7) is 0.694. The van der Waals surface area contributed by atoms with Gasteiger partial charge < -0.3 is 54.0 Å². The van der Waals surface area contributed by atoms with Crippen molar-refractivity contribution in [2.45, 2.75) is 55.6 Å². The fourth-order valence-electron chi connectivity index (χ4n) is 5.49. The minimum Gasteiger partial charge on any atom is -0.508 e. The monoisotopic (exact) mass is 590 g/mol. The van der Waals surface area contributed by atoms with Gasteiger partial charge in [-0.1, -0.05) is 18.2 Å². The lowest BCUT2D eigenvalue weighted by atomic mass is 9.78. The van der Waals surface area contributed by atoms with E-state index < -0.39 is 85.1 Å². The van der Waals surface area contributed by atoms with Crippen LogP contribution in [0, 0.1) is 11.8 Å². The number of hydrogen-bond acceptors (Lipinski definition) is 14. The molecule has 4 aliphatic rings. The van der Waals surface area contributed by atoms with Gasteiger partial charge in [0.2, 0.25) is 6.29 Å². The molecule has 14 nitrogen and oxygen atoms in total. The molecule has 5 rings (SSSR count). The molecule has 5 N–H and O–H groups in total. The molecule has 0 saturated carbocycles. The van der Waals surface area contributed by atoms with Crippen LogP contribution in [0.15, 0.2) is 59.9 Å². The van der Waals surface area contributed by atoms with Gasteiger partial charge in [-0.3, -0.25) is 4.79 Å². The largest absolute Gasteiger partial charge is 0.508 e. The Morgan fingerprint density at radius 3 is 2.45 bits per heavy atom. The summed E-state index contributed by atoms with van der Waals surface area (Å²) >= 11 is 0. The second-order valence-electron chi connectivity index (χ2n) is 10.3. The van der Waals surface area contributed by atoms with E-state index in [0.29, 0.717) is 5.56 Å². The van der Waals surface area contributed by atoms with Crippen molar-refractivity contribution >= 4 is 17.9 Å². The first-order valence-corrected chi connectivity index (χ1v) is 13.0. The summed E-state index contributed by atoms with van der Waals surface area (Å²) in [4.78, 5) is 36.9. The van der Waals surface area contributed by atoms with Crippen molar-refractivity contribution in [3.63, 3.8) is 0 Å². The number of ether oxygens (including phenoxy) is 6. The summed E-state index contributed by atoms with van der Waals surface area (Å²) in [7, 11) is 1.18. The summed E-state index contributed by atoms with van der Waals surface area (Å²) < 4.78 is 32.8. The van der Waals surface area contributed by atoms with Gasteiger partial charge in [0.1, 0.15) is 42.9 Å². The van der Waals surface area contributed by atoms with E-state index in [0.717, 1.165) is 13.2 Å². The van der Waals surface area contributed by atoms with Crippen LogP contribution < -0.4 is 0 Å². The second kappa shape index (κ2) is 11.5. The number of aliphatic hydroxyl groups excluding tert-OH is 4. The molecule has 10 atom stereocenters. The Kier molecular flexibility index (Phi) is 8.11. The highest BCUT2D eigenvalue weighted by molar-refractivity contribution is 5.94. The van der Waals surface area contributed by atoms with Gasteiger partial charge in [-0.2, -0.15) is 0 Å². The zero-order valence-corrected chi connectivity index (χ0v) is 22.4. The number of carbonyl (C=O) groups is 3. The van der Waals surface area contributed by atoms with Crippen molar-refractivity contribution in [1.82, 2.24) is 0 Å². The van der Waals surface area contributed by atoms with Crippen molar-refractivity contribution in [3.8, 4) is 5.75 Å². The molecular weight excluding hydrogens is 560 g/mol. The molecule has 1 aromatic carbocycles. The maximum Gasteiger partial charge on any atom is 0.338 e. The number of esters is 3. The molecule has 1 fully saturated rings. The Balaban J connectivity index is 1.46. The van der Waals surface area contributed by atoms with Crippen molar-refractivity contribution in [1.29, 1.82) is 0 Å². The minimum absolute atomic E-state index is 0.0340. The maximum atomic E-state index is 13.1. The summed E-state index contributed by atoms with van der Waals surface area (Å²) in [5.41, 5.74) is -1.34. The maximum absolute atomic E-state index is 13.1. The van der Waals surface area contributed by atoms with Crippen LogP contribution in [0.4, 0.5) is 0 Å². The van der Waals surface area contributed by atoms with Crippen LogP contribution in [0.1, 0.15) is 18.6 Å². The third-order valence-corrected chi connectivity index (χ3v) is 7.65. The van der Waals surface area contributed by atoms with Crippen LogP contribution in [0.25, 0.3) is 0 Å². The van der Waals surface area contributed by atoms with Crippen LogP contribution in [0.3, 0.4) is 0 Å². The lowest BCUT2D eigenvalue weighted by molar-refractivity contribution is -0.344. The van der Waals surface area contributed by atoms with E-state index in [9.17, 15) is 39.9 Å². The van der Waals surface area contributed by atoms with Crippen molar-refractivity contribution in [2.75, 3.05) is 13.7 Å². The Morgan fingerprint density at radius 1 is 1.07 bits per heavy atom. The average Bonchev–Trinajstić information content (AvgIpc) is 3.51. The highest BCUT2D eigenvalue weighted by atomic mass is 16.8. The first kappa shape index (κ1) is 29.7. The third kappa shape index (κ3) is 5.28.